The van der Waals surface area contributed by atoms with Gasteiger partial charge in [-0.25, -0.2) is 4.90 Å². The fourth-order valence-electron chi connectivity index (χ4n) is 4.73. The Labute approximate surface area is 260 Å². The molecular weight excluding hydrogens is 574 g/mol. The van der Waals surface area contributed by atoms with E-state index >= 15 is 0 Å². The van der Waals surface area contributed by atoms with Gasteiger partial charge in [-0.3, -0.25) is 19.2 Å². The number of benzene rings is 4. The maximum atomic E-state index is 13.5. The van der Waals surface area contributed by atoms with Crippen molar-refractivity contribution in [1.29, 1.82) is 0 Å². The molecule has 1 aliphatic heterocycles. The van der Waals surface area contributed by atoms with Crippen molar-refractivity contribution in [3.63, 3.8) is 0 Å². The molecule has 4 aromatic carbocycles. The molecule has 1 unspecified atom stereocenters. The first-order valence-electron chi connectivity index (χ1n) is 14.0. The van der Waals surface area contributed by atoms with Gasteiger partial charge in [0.2, 0.25) is 11.8 Å². The highest BCUT2D eigenvalue weighted by Gasteiger charge is 2.40. The third kappa shape index (κ3) is 7.07. The Hall–Kier alpha value is -5.15. The van der Waals surface area contributed by atoms with E-state index < -0.39 is 17.1 Å². The predicted octanol–water partition coefficient (Wildman–Crippen LogP) is 6.15. The minimum atomic E-state index is -0.593. The molecule has 0 radical (unpaired) electrons. The van der Waals surface area contributed by atoms with Crippen molar-refractivity contribution in [1.82, 2.24) is 5.32 Å². The van der Waals surface area contributed by atoms with Crippen molar-refractivity contribution in [3.05, 3.63) is 125 Å². The lowest BCUT2D eigenvalue weighted by atomic mass is 10.1. The van der Waals surface area contributed by atoms with E-state index in [0.29, 0.717) is 33.1 Å². The number of amides is 4. The van der Waals surface area contributed by atoms with Gasteiger partial charge in [0.1, 0.15) is 11.4 Å². The van der Waals surface area contributed by atoms with Crippen molar-refractivity contribution in [2.75, 3.05) is 17.3 Å². The quantitative estimate of drug-likeness (QED) is 0.175. The maximum absolute atomic E-state index is 13.5. The zero-order valence-corrected chi connectivity index (χ0v) is 25.3. The van der Waals surface area contributed by atoms with Crippen LogP contribution in [-0.2, 0) is 14.4 Å². The summed E-state index contributed by atoms with van der Waals surface area (Å²) in [5, 5.41) is 4.99. The van der Waals surface area contributed by atoms with Crippen LogP contribution in [0.2, 0.25) is 0 Å². The average molecular weight is 606 g/mol. The van der Waals surface area contributed by atoms with Crippen LogP contribution < -0.4 is 20.3 Å². The number of aryl methyl sites for hydroxylation is 2. The van der Waals surface area contributed by atoms with Crippen LogP contribution >= 0.6 is 11.8 Å². The summed E-state index contributed by atoms with van der Waals surface area (Å²) < 4.78 is 5.22. The Morgan fingerprint density at radius 3 is 2.39 bits per heavy atom. The van der Waals surface area contributed by atoms with Gasteiger partial charge < -0.3 is 15.4 Å². The average Bonchev–Trinajstić information content (AvgIpc) is 3.30. The zero-order chi connectivity index (χ0) is 31.2. The molecule has 8 nitrogen and oxygen atoms in total. The lowest BCUT2D eigenvalue weighted by Gasteiger charge is -2.18. The fraction of sp³-hybridized carbons (Fsp3) is 0.143. The Kier molecular flexibility index (Phi) is 9.26. The molecule has 2 N–H and O–H groups in total. The van der Waals surface area contributed by atoms with Crippen LogP contribution in [0.3, 0.4) is 0 Å². The van der Waals surface area contributed by atoms with Crippen LogP contribution in [0.4, 0.5) is 11.4 Å². The first kappa shape index (κ1) is 30.3. The van der Waals surface area contributed by atoms with Crippen LogP contribution in [0.5, 0.6) is 5.75 Å². The second-order valence-corrected chi connectivity index (χ2v) is 11.6. The molecule has 1 saturated heterocycles. The second-order valence-electron chi connectivity index (χ2n) is 10.3. The van der Waals surface area contributed by atoms with Gasteiger partial charge in [0.25, 0.3) is 11.8 Å². The van der Waals surface area contributed by atoms with Gasteiger partial charge in [0.15, 0.2) is 0 Å². The number of carbonyl (C=O) groups excluding carboxylic acids is 4. The molecule has 9 heteroatoms. The van der Waals surface area contributed by atoms with E-state index in [-0.39, 0.29) is 23.9 Å². The normalized spacial score (nSPS) is 14.8. The number of rotatable bonds is 9. The molecule has 4 aromatic rings. The number of nitrogens with zero attached hydrogens (tertiary/aromatic N) is 1. The van der Waals surface area contributed by atoms with Crippen molar-refractivity contribution in [2.45, 2.75) is 30.4 Å². The van der Waals surface area contributed by atoms with Crippen LogP contribution in [0.15, 0.2) is 108 Å². The summed E-state index contributed by atoms with van der Waals surface area (Å²) in [6.45, 7) is 3.80. The highest BCUT2D eigenvalue weighted by Crippen LogP contribution is 2.36. The van der Waals surface area contributed by atoms with Crippen LogP contribution in [-0.4, -0.2) is 36.0 Å². The molecule has 0 aliphatic carbocycles. The van der Waals surface area contributed by atoms with Crippen LogP contribution in [0.25, 0.3) is 6.08 Å². The number of methoxy groups -OCH3 is 1. The van der Waals surface area contributed by atoms with Crippen LogP contribution in [0, 0.1) is 13.8 Å². The maximum Gasteiger partial charge on any atom is 0.272 e. The van der Waals surface area contributed by atoms with Crippen molar-refractivity contribution in [2.24, 2.45) is 0 Å². The van der Waals surface area contributed by atoms with Gasteiger partial charge in [-0.2, -0.15) is 0 Å². The number of anilines is 2. The molecule has 0 saturated carbocycles. The van der Waals surface area contributed by atoms with Crippen molar-refractivity contribution in [3.8, 4) is 5.75 Å². The highest BCUT2D eigenvalue weighted by molar-refractivity contribution is 8.00. The lowest BCUT2D eigenvalue weighted by Crippen LogP contribution is -2.31. The monoisotopic (exact) mass is 605 g/mol. The van der Waals surface area contributed by atoms with Crippen molar-refractivity contribution >= 4 is 52.8 Å². The van der Waals surface area contributed by atoms with E-state index in [2.05, 4.69) is 10.6 Å². The largest absolute Gasteiger partial charge is 0.497 e. The van der Waals surface area contributed by atoms with Crippen molar-refractivity contribution < 1.29 is 23.9 Å². The number of imide groups is 1. The van der Waals surface area contributed by atoms with E-state index in [4.69, 9.17) is 4.74 Å². The summed E-state index contributed by atoms with van der Waals surface area (Å²) in [6.07, 6.45) is 1.66. The molecule has 5 rings (SSSR count). The number of thioether (sulfide) groups is 1. The standard InChI is InChI=1S/C35H31N3O5S/c1-22-12-13-23(2)30(18-22)38-32(39)21-31(35(38)42)44-28-11-7-10-26(20-28)36-34(41)29(19-24-14-16-27(43-3)17-15-24)37-33(40)25-8-5-4-6-9-25/h4-20,31H,21H2,1-3H3,(H,36,41)(H,37,40)/b29-19-. The molecule has 0 aromatic heterocycles. The third-order valence-electron chi connectivity index (χ3n) is 7.04. The van der Waals surface area contributed by atoms with E-state index in [0.717, 1.165) is 11.1 Å². The molecule has 44 heavy (non-hydrogen) atoms. The topological polar surface area (TPSA) is 105 Å². The summed E-state index contributed by atoms with van der Waals surface area (Å²) in [5.74, 6) is -0.803. The first-order valence-corrected chi connectivity index (χ1v) is 14.8. The summed E-state index contributed by atoms with van der Waals surface area (Å²) in [7, 11) is 1.57. The molecule has 1 fully saturated rings. The van der Waals surface area contributed by atoms with Crippen LogP contribution in [0.1, 0.15) is 33.5 Å². The molecule has 1 aliphatic rings. The Morgan fingerprint density at radius 2 is 1.66 bits per heavy atom. The summed E-state index contributed by atoms with van der Waals surface area (Å²) in [4.78, 5) is 54.7. The number of ether oxygens (including phenoxy) is 1. The molecule has 1 heterocycles. The Morgan fingerprint density at radius 1 is 0.909 bits per heavy atom. The smallest absolute Gasteiger partial charge is 0.272 e. The van der Waals surface area contributed by atoms with Gasteiger partial charge in [0.05, 0.1) is 18.0 Å². The number of hydrogen-bond acceptors (Lipinski definition) is 6. The Balaban J connectivity index is 1.33. The molecule has 1 atom stereocenters. The number of hydrogen-bond donors (Lipinski definition) is 2. The first-order chi connectivity index (χ1) is 21.2. The van der Waals surface area contributed by atoms with E-state index in [1.165, 1.54) is 16.7 Å². The molecule has 222 valence electrons. The van der Waals surface area contributed by atoms with Gasteiger partial charge in [0, 0.05) is 22.6 Å². The number of carbonyl (C=O) groups is 4. The van der Waals surface area contributed by atoms with E-state index in [9.17, 15) is 19.2 Å². The van der Waals surface area contributed by atoms with Gasteiger partial charge >= 0.3 is 0 Å². The highest BCUT2D eigenvalue weighted by atomic mass is 32.2. The Bertz CT molecular complexity index is 1750. The zero-order valence-electron chi connectivity index (χ0n) is 24.5. The lowest BCUT2D eigenvalue weighted by molar-refractivity contribution is -0.121. The molecule has 0 spiro atoms. The minimum Gasteiger partial charge on any atom is -0.497 e. The van der Waals surface area contributed by atoms with Gasteiger partial charge in [-0.05, 0) is 85.1 Å². The minimum absolute atomic E-state index is 0.0443. The second kappa shape index (κ2) is 13.4. The SMILES string of the molecule is COc1ccc(/C=C(\NC(=O)c2ccccc2)C(=O)Nc2cccc(SC3CC(=O)N(c4cc(C)ccc4C)C3=O)c2)cc1. The van der Waals surface area contributed by atoms with Gasteiger partial charge in [-0.15, -0.1) is 11.8 Å². The fourth-order valence-corrected chi connectivity index (χ4v) is 5.84. The summed E-state index contributed by atoms with van der Waals surface area (Å²) in [5.41, 5.74) is 4.03. The van der Waals surface area contributed by atoms with E-state index in [1.807, 2.05) is 38.1 Å². The van der Waals surface area contributed by atoms with E-state index in [1.54, 1.807) is 86.0 Å². The molecule has 0 bridgehead atoms. The van der Waals surface area contributed by atoms with Gasteiger partial charge in [-0.1, -0.05) is 48.5 Å². The molecular formula is C35H31N3O5S. The third-order valence-corrected chi connectivity index (χ3v) is 8.22. The predicted molar refractivity (Wildman–Crippen MR) is 173 cm³/mol. The summed E-state index contributed by atoms with van der Waals surface area (Å²) >= 11 is 1.28. The number of nitrogens with one attached hydrogen (secondary N) is 2. The summed E-state index contributed by atoms with van der Waals surface area (Å²) in [6, 6.07) is 28.4. The molecule has 4 amide bonds.